The van der Waals surface area contributed by atoms with Crippen LogP contribution in [0.2, 0.25) is 0 Å². The van der Waals surface area contributed by atoms with Gasteiger partial charge in [-0.25, -0.2) is 4.98 Å². The van der Waals surface area contributed by atoms with Gasteiger partial charge in [-0.1, -0.05) is 30.3 Å². The van der Waals surface area contributed by atoms with Gasteiger partial charge in [0.05, 0.1) is 24.4 Å². The van der Waals surface area contributed by atoms with Crippen LogP contribution in [0.25, 0.3) is 11.4 Å². The Bertz CT molecular complexity index is 570. The van der Waals surface area contributed by atoms with E-state index in [0.29, 0.717) is 23.8 Å². The summed E-state index contributed by atoms with van der Waals surface area (Å²) in [6.45, 7) is 3.92. The van der Waals surface area contributed by atoms with E-state index in [9.17, 15) is 4.79 Å². The Labute approximate surface area is 111 Å². The lowest BCUT2D eigenvalue weighted by molar-refractivity contribution is -0.142. The lowest BCUT2D eigenvalue weighted by atomic mass is 10.2. The van der Waals surface area contributed by atoms with Crippen LogP contribution in [0, 0.1) is 6.92 Å². The van der Waals surface area contributed by atoms with Crippen molar-refractivity contribution in [2.45, 2.75) is 20.3 Å². The Balaban J connectivity index is 2.27. The summed E-state index contributed by atoms with van der Waals surface area (Å²) in [6, 6.07) is 9.54. The van der Waals surface area contributed by atoms with Crippen molar-refractivity contribution in [2.24, 2.45) is 0 Å². The molecule has 0 fully saturated rings. The maximum absolute atomic E-state index is 11.5. The molecule has 0 saturated carbocycles. The van der Waals surface area contributed by atoms with Crippen LogP contribution >= 0.6 is 0 Å². The third-order valence-electron chi connectivity index (χ3n) is 2.60. The predicted molar refractivity (Wildman–Crippen MR) is 70.3 cm³/mol. The Morgan fingerprint density at radius 3 is 2.63 bits per heavy atom. The van der Waals surface area contributed by atoms with Crippen LogP contribution in [-0.2, 0) is 16.0 Å². The minimum absolute atomic E-state index is 0.120. The van der Waals surface area contributed by atoms with Crippen molar-refractivity contribution in [3.63, 3.8) is 0 Å². The fraction of sp³-hybridized carbons (Fsp3) is 0.286. The van der Waals surface area contributed by atoms with Crippen molar-refractivity contribution < 1.29 is 9.53 Å². The van der Waals surface area contributed by atoms with Crippen molar-refractivity contribution in [2.75, 3.05) is 6.61 Å². The number of hydrogen-bond acceptors (Lipinski definition) is 5. The molecule has 0 N–H and O–H groups in total. The molecule has 2 aromatic rings. The van der Waals surface area contributed by atoms with Gasteiger partial charge < -0.3 is 4.74 Å². The molecule has 0 aliphatic carbocycles. The number of nitrogens with zero attached hydrogens (tertiary/aromatic N) is 3. The van der Waals surface area contributed by atoms with Gasteiger partial charge in [0.2, 0.25) is 0 Å². The molecule has 5 heteroatoms. The monoisotopic (exact) mass is 257 g/mol. The van der Waals surface area contributed by atoms with Gasteiger partial charge in [0, 0.05) is 5.56 Å². The zero-order valence-corrected chi connectivity index (χ0v) is 11.0. The molecule has 1 aromatic heterocycles. The van der Waals surface area contributed by atoms with E-state index in [1.165, 1.54) is 0 Å². The summed E-state index contributed by atoms with van der Waals surface area (Å²) in [7, 11) is 0. The van der Waals surface area contributed by atoms with Gasteiger partial charge in [-0.2, -0.15) is 5.10 Å². The third kappa shape index (κ3) is 3.34. The quantitative estimate of drug-likeness (QED) is 0.783. The molecular formula is C14H15N3O2. The van der Waals surface area contributed by atoms with Crippen molar-refractivity contribution >= 4 is 5.97 Å². The van der Waals surface area contributed by atoms with Gasteiger partial charge in [-0.05, 0) is 13.8 Å². The van der Waals surface area contributed by atoms with Crippen LogP contribution in [0.1, 0.15) is 18.3 Å². The molecule has 0 amide bonds. The average Bonchev–Trinajstić information content (AvgIpc) is 2.42. The second kappa shape index (κ2) is 6.04. The highest BCUT2D eigenvalue weighted by atomic mass is 16.5. The molecule has 0 spiro atoms. The van der Waals surface area contributed by atoms with Gasteiger partial charge in [-0.3, -0.25) is 4.79 Å². The molecule has 0 aliphatic heterocycles. The Kier molecular flexibility index (Phi) is 4.18. The molecule has 2 rings (SSSR count). The number of ether oxygens (including phenoxy) is 1. The van der Waals surface area contributed by atoms with Gasteiger partial charge in [0.15, 0.2) is 5.82 Å². The van der Waals surface area contributed by atoms with Crippen molar-refractivity contribution in [3.8, 4) is 11.4 Å². The van der Waals surface area contributed by atoms with Gasteiger partial charge in [-0.15, -0.1) is 5.10 Å². The second-order valence-corrected chi connectivity index (χ2v) is 4.02. The van der Waals surface area contributed by atoms with Crippen LogP contribution < -0.4 is 0 Å². The highest BCUT2D eigenvalue weighted by Gasteiger charge is 2.12. The molecule has 1 heterocycles. The second-order valence-electron chi connectivity index (χ2n) is 4.02. The summed E-state index contributed by atoms with van der Waals surface area (Å²) in [4.78, 5) is 15.9. The first-order valence-electron chi connectivity index (χ1n) is 6.12. The molecule has 19 heavy (non-hydrogen) atoms. The van der Waals surface area contributed by atoms with Gasteiger partial charge >= 0.3 is 5.97 Å². The van der Waals surface area contributed by atoms with E-state index < -0.39 is 0 Å². The number of carbonyl (C=O) groups is 1. The number of aromatic nitrogens is 3. The van der Waals surface area contributed by atoms with Crippen LogP contribution in [-0.4, -0.2) is 27.8 Å². The molecule has 0 radical (unpaired) electrons. The molecule has 0 bridgehead atoms. The number of hydrogen-bond donors (Lipinski definition) is 0. The molecular weight excluding hydrogens is 242 g/mol. The average molecular weight is 257 g/mol. The van der Waals surface area contributed by atoms with Gasteiger partial charge in [0.1, 0.15) is 0 Å². The van der Waals surface area contributed by atoms with E-state index in [2.05, 4.69) is 15.2 Å². The lowest BCUT2D eigenvalue weighted by Gasteiger charge is -2.06. The molecule has 0 unspecified atom stereocenters. The Morgan fingerprint density at radius 1 is 1.21 bits per heavy atom. The lowest BCUT2D eigenvalue weighted by Crippen LogP contribution is -2.12. The standard InChI is InChI=1S/C14H15N3O2/c1-3-19-13(18)9-12-10(2)16-17-14(15-12)11-7-5-4-6-8-11/h4-8H,3,9H2,1-2H3. The Hall–Kier alpha value is -2.30. The topological polar surface area (TPSA) is 65.0 Å². The number of aryl methyl sites for hydroxylation is 1. The SMILES string of the molecule is CCOC(=O)Cc1nc(-c2ccccc2)nnc1C. The highest BCUT2D eigenvalue weighted by molar-refractivity contribution is 5.72. The summed E-state index contributed by atoms with van der Waals surface area (Å²) in [5.74, 6) is 0.218. The zero-order valence-electron chi connectivity index (χ0n) is 11.0. The highest BCUT2D eigenvalue weighted by Crippen LogP contribution is 2.14. The molecule has 0 atom stereocenters. The van der Waals surface area contributed by atoms with Crippen molar-refractivity contribution in [1.29, 1.82) is 0 Å². The summed E-state index contributed by atoms with van der Waals surface area (Å²) in [5.41, 5.74) is 2.13. The number of benzene rings is 1. The summed E-state index contributed by atoms with van der Waals surface area (Å²) in [6.07, 6.45) is 0.120. The van der Waals surface area contributed by atoms with E-state index in [1.54, 1.807) is 13.8 Å². The van der Waals surface area contributed by atoms with E-state index >= 15 is 0 Å². The first-order valence-corrected chi connectivity index (χ1v) is 6.12. The smallest absolute Gasteiger partial charge is 0.311 e. The number of rotatable bonds is 4. The van der Waals surface area contributed by atoms with Gasteiger partial charge in [0.25, 0.3) is 0 Å². The Morgan fingerprint density at radius 2 is 1.95 bits per heavy atom. The molecule has 98 valence electrons. The van der Waals surface area contributed by atoms with Crippen molar-refractivity contribution in [1.82, 2.24) is 15.2 Å². The number of esters is 1. The summed E-state index contributed by atoms with van der Waals surface area (Å²) < 4.78 is 4.92. The normalized spacial score (nSPS) is 10.2. The third-order valence-corrected chi connectivity index (χ3v) is 2.60. The fourth-order valence-corrected chi connectivity index (χ4v) is 1.64. The van der Waals surface area contributed by atoms with E-state index in [4.69, 9.17) is 4.74 Å². The van der Waals surface area contributed by atoms with E-state index in [0.717, 1.165) is 5.56 Å². The van der Waals surface area contributed by atoms with Crippen molar-refractivity contribution in [3.05, 3.63) is 41.7 Å². The number of carbonyl (C=O) groups excluding carboxylic acids is 1. The maximum Gasteiger partial charge on any atom is 0.311 e. The predicted octanol–water partition coefficient (Wildman–Crippen LogP) is 1.95. The van der Waals surface area contributed by atoms with Crippen LogP contribution in [0.15, 0.2) is 30.3 Å². The zero-order chi connectivity index (χ0) is 13.7. The van der Waals surface area contributed by atoms with E-state index in [1.807, 2.05) is 30.3 Å². The van der Waals surface area contributed by atoms with E-state index in [-0.39, 0.29) is 12.4 Å². The minimum Gasteiger partial charge on any atom is -0.466 e. The summed E-state index contributed by atoms with van der Waals surface area (Å²) >= 11 is 0. The largest absolute Gasteiger partial charge is 0.466 e. The van der Waals surface area contributed by atoms with Crippen LogP contribution in [0.3, 0.4) is 0 Å². The first-order chi connectivity index (χ1) is 9.20. The molecule has 0 saturated heterocycles. The molecule has 5 nitrogen and oxygen atoms in total. The minimum atomic E-state index is -0.301. The fourth-order valence-electron chi connectivity index (χ4n) is 1.64. The first kappa shape index (κ1) is 13.1. The summed E-state index contributed by atoms with van der Waals surface area (Å²) in [5, 5.41) is 8.10. The molecule has 0 aliphatic rings. The maximum atomic E-state index is 11.5. The molecule has 1 aromatic carbocycles. The van der Waals surface area contributed by atoms with Crippen LogP contribution in [0.4, 0.5) is 0 Å². The van der Waals surface area contributed by atoms with Crippen LogP contribution in [0.5, 0.6) is 0 Å².